The van der Waals surface area contributed by atoms with Gasteiger partial charge in [0.25, 0.3) is 5.91 Å². The lowest BCUT2D eigenvalue weighted by Crippen LogP contribution is -2.43. The monoisotopic (exact) mass is 305 g/mol. The van der Waals surface area contributed by atoms with Crippen LogP contribution in [0.25, 0.3) is 10.8 Å². The Morgan fingerprint density at radius 3 is 2.76 bits per heavy atom. The van der Waals surface area contributed by atoms with E-state index in [2.05, 4.69) is 4.98 Å². The molecular formula is C16H20ClN3O. The molecular weight excluding hydrogens is 286 g/mol. The highest BCUT2D eigenvalue weighted by Crippen LogP contribution is 2.35. The summed E-state index contributed by atoms with van der Waals surface area (Å²) in [5.41, 5.74) is 6.35. The topological polar surface area (TPSA) is 59.2 Å². The molecule has 0 radical (unpaired) electrons. The van der Waals surface area contributed by atoms with Gasteiger partial charge in [-0.1, -0.05) is 24.3 Å². The summed E-state index contributed by atoms with van der Waals surface area (Å²) >= 11 is 0. The summed E-state index contributed by atoms with van der Waals surface area (Å²) in [5.74, 6) is 0.521. The maximum absolute atomic E-state index is 12.7. The quantitative estimate of drug-likeness (QED) is 0.944. The number of nitrogens with two attached hydrogens (primary N) is 1. The minimum atomic E-state index is -0.0378. The summed E-state index contributed by atoms with van der Waals surface area (Å²) in [5, 5.41) is 1.94. The van der Waals surface area contributed by atoms with Crippen LogP contribution in [0.5, 0.6) is 0 Å². The standard InChI is InChI=1S/C16H19N3O.ClH/c1-19(14(10-17)12-6-7-12)16(20)15-13-5-3-2-4-11(13)8-9-18-15;/h2-5,8-9,12,14H,6-7,10,17H2,1H3;1H. The number of carbonyl (C=O) groups excluding carboxylic acids is 1. The van der Waals surface area contributed by atoms with E-state index in [0.717, 1.165) is 10.8 Å². The molecule has 0 bridgehead atoms. The Bertz CT molecular complexity index is 637. The predicted octanol–water partition coefficient (Wildman–Crippen LogP) is 2.47. The summed E-state index contributed by atoms with van der Waals surface area (Å²) in [6.45, 7) is 0.512. The van der Waals surface area contributed by atoms with Crippen LogP contribution >= 0.6 is 12.4 Å². The van der Waals surface area contributed by atoms with Gasteiger partial charge in [-0.05, 0) is 30.2 Å². The lowest BCUT2D eigenvalue weighted by atomic mass is 10.1. The number of aromatic nitrogens is 1. The van der Waals surface area contributed by atoms with Gasteiger partial charge in [-0.25, -0.2) is 0 Å². The van der Waals surface area contributed by atoms with Crippen molar-refractivity contribution < 1.29 is 4.79 Å². The van der Waals surface area contributed by atoms with Crippen LogP contribution in [0, 0.1) is 5.92 Å². The summed E-state index contributed by atoms with van der Waals surface area (Å²) in [6.07, 6.45) is 4.03. The Hall–Kier alpha value is -1.65. The third kappa shape index (κ3) is 3.01. The van der Waals surface area contributed by atoms with Crippen LogP contribution in [-0.4, -0.2) is 35.4 Å². The van der Waals surface area contributed by atoms with Crippen molar-refractivity contribution in [3.05, 3.63) is 42.2 Å². The van der Waals surface area contributed by atoms with Crippen molar-refractivity contribution in [1.29, 1.82) is 0 Å². The van der Waals surface area contributed by atoms with Crippen LogP contribution in [0.4, 0.5) is 0 Å². The van der Waals surface area contributed by atoms with E-state index in [1.807, 2.05) is 37.4 Å². The number of pyridine rings is 1. The van der Waals surface area contributed by atoms with Crippen LogP contribution < -0.4 is 5.73 Å². The lowest BCUT2D eigenvalue weighted by Gasteiger charge is -2.27. The molecule has 1 fully saturated rings. The number of hydrogen-bond donors (Lipinski definition) is 1. The molecule has 4 nitrogen and oxygen atoms in total. The van der Waals surface area contributed by atoms with Crippen molar-refractivity contribution in [3.8, 4) is 0 Å². The van der Waals surface area contributed by atoms with Crippen molar-refractivity contribution in [3.63, 3.8) is 0 Å². The molecule has 5 heteroatoms. The minimum absolute atomic E-state index is 0. The molecule has 0 spiro atoms. The number of nitrogens with zero attached hydrogens (tertiary/aromatic N) is 2. The van der Waals surface area contributed by atoms with Gasteiger partial charge in [0.15, 0.2) is 0 Å². The smallest absolute Gasteiger partial charge is 0.273 e. The van der Waals surface area contributed by atoms with Gasteiger partial charge in [-0.3, -0.25) is 9.78 Å². The van der Waals surface area contributed by atoms with Crippen LogP contribution in [-0.2, 0) is 0 Å². The Balaban J connectivity index is 0.00000161. The van der Waals surface area contributed by atoms with Crippen molar-refractivity contribution in [2.24, 2.45) is 11.7 Å². The van der Waals surface area contributed by atoms with Crippen molar-refractivity contribution >= 4 is 29.1 Å². The number of fused-ring (bicyclic) bond motifs is 1. The molecule has 2 aromatic rings. The van der Waals surface area contributed by atoms with Crippen molar-refractivity contribution in [2.45, 2.75) is 18.9 Å². The van der Waals surface area contributed by atoms with Crippen LogP contribution in [0.15, 0.2) is 36.5 Å². The first-order valence-corrected chi connectivity index (χ1v) is 7.03. The van der Waals surface area contributed by atoms with E-state index in [9.17, 15) is 4.79 Å². The van der Waals surface area contributed by atoms with E-state index in [1.165, 1.54) is 12.8 Å². The second-order valence-corrected chi connectivity index (χ2v) is 5.44. The largest absolute Gasteiger partial charge is 0.336 e. The molecule has 21 heavy (non-hydrogen) atoms. The zero-order valence-corrected chi connectivity index (χ0v) is 12.8. The fourth-order valence-electron chi connectivity index (χ4n) is 2.76. The van der Waals surface area contributed by atoms with E-state index < -0.39 is 0 Å². The Morgan fingerprint density at radius 1 is 1.38 bits per heavy atom. The first-order chi connectivity index (χ1) is 9.72. The molecule has 0 saturated heterocycles. The van der Waals surface area contributed by atoms with Gasteiger partial charge in [0, 0.05) is 31.2 Å². The first kappa shape index (κ1) is 15.7. The fourth-order valence-corrected chi connectivity index (χ4v) is 2.76. The molecule has 112 valence electrons. The molecule has 1 heterocycles. The maximum atomic E-state index is 12.7. The van der Waals surface area contributed by atoms with E-state index in [0.29, 0.717) is 18.2 Å². The van der Waals surface area contributed by atoms with Crippen molar-refractivity contribution in [2.75, 3.05) is 13.6 Å². The van der Waals surface area contributed by atoms with Gasteiger partial charge in [-0.2, -0.15) is 0 Å². The zero-order chi connectivity index (χ0) is 14.1. The molecule has 2 N–H and O–H groups in total. The second kappa shape index (κ2) is 6.41. The van der Waals surface area contributed by atoms with Crippen molar-refractivity contribution in [1.82, 2.24) is 9.88 Å². The van der Waals surface area contributed by atoms with E-state index in [1.54, 1.807) is 11.1 Å². The number of carbonyl (C=O) groups is 1. The number of halogens is 1. The average molecular weight is 306 g/mol. The van der Waals surface area contributed by atoms with Gasteiger partial charge in [0.2, 0.25) is 0 Å². The highest BCUT2D eigenvalue weighted by atomic mass is 35.5. The lowest BCUT2D eigenvalue weighted by molar-refractivity contribution is 0.0715. The highest BCUT2D eigenvalue weighted by molar-refractivity contribution is 6.05. The number of rotatable bonds is 4. The molecule has 1 aliphatic carbocycles. The summed E-state index contributed by atoms with van der Waals surface area (Å²) < 4.78 is 0. The van der Waals surface area contributed by atoms with Crippen LogP contribution in [0.1, 0.15) is 23.3 Å². The fraction of sp³-hybridized carbons (Fsp3) is 0.375. The van der Waals surface area contributed by atoms with E-state index in [4.69, 9.17) is 5.73 Å². The number of likely N-dealkylation sites (N-methyl/N-ethyl adjacent to an activating group) is 1. The summed E-state index contributed by atoms with van der Waals surface area (Å²) in [7, 11) is 1.83. The molecule has 1 atom stereocenters. The average Bonchev–Trinajstić information content (AvgIpc) is 3.31. The third-order valence-corrected chi connectivity index (χ3v) is 4.10. The Labute approximate surface area is 130 Å². The SMILES string of the molecule is CN(C(=O)c1nccc2ccccc12)C(CN)C1CC1.Cl. The Morgan fingerprint density at radius 2 is 2.10 bits per heavy atom. The predicted molar refractivity (Wildman–Crippen MR) is 86.7 cm³/mol. The van der Waals surface area contributed by atoms with Gasteiger partial charge < -0.3 is 10.6 Å². The first-order valence-electron chi connectivity index (χ1n) is 7.03. The molecule has 1 aliphatic rings. The maximum Gasteiger partial charge on any atom is 0.273 e. The van der Waals surface area contributed by atoms with E-state index >= 15 is 0 Å². The number of hydrogen-bond acceptors (Lipinski definition) is 3. The molecule has 1 amide bonds. The zero-order valence-electron chi connectivity index (χ0n) is 12.0. The molecule has 3 rings (SSSR count). The number of amides is 1. The number of benzene rings is 1. The normalized spacial score (nSPS) is 15.3. The van der Waals surface area contributed by atoms with Crippen LogP contribution in [0.2, 0.25) is 0 Å². The second-order valence-electron chi connectivity index (χ2n) is 5.44. The molecule has 1 aromatic heterocycles. The third-order valence-electron chi connectivity index (χ3n) is 4.10. The van der Waals surface area contributed by atoms with Gasteiger partial charge in [0.05, 0.1) is 0 Å². The molecule has 0 aliphatic heterocycles. The molecule has 1 unspecified atom stereocenters. The highest BCUT2D eigenvalue weighted by Gasteiger charge is 2.35. The van der Waals surface area contributed by atoms with Gasteiger partial charge >= 0.3 is 0 Å². The minimum Gasteiger partial charge on any atom is -0.336 e. The van der Waals surface area contributed by atoms with E-state index in [-0.39, 0.29) is 24.4 Å². The summed E-state index contributed by atoms with van der Waals surface area (Å²) in [4.78, 5) is 18.8. The van der Waals surface area contributed by atoms with Gasteiger partial charge in [-0.15, -0.1) is 12.4 Å². The molecule has 1 aromatic carbocycles. The van der Waals surface area contributed by atoms with Gasteiger partial charge in [0.1, 0.15) is 5.69 Å². The molecule has 1 saturated carbocycles. The summed E-state index contributed by atoms with van der Waals surface area (Å²) in [6, 6.07) is 9.89. The Kier molecular flexibility index (Phi) is 4.80. The van der Waals surface area contributed by atoms with Crippen LogP contribution in [0.3, 0.4) is 0 Å².